The smallest absolute Gasteiger partial charge is 0.251 e. The second kappa shape index (κ2) is 7.29. The number of nitrogens with zero attached hydrogens (tertiary/aromatic N) is 5. The molecule has 8 heteroatoms. The van der Waals surface area contributed by atoms with E-state index in [0.29, 0.717) is 12.3 Å². The Kier molecular flexibility index (Phi) is 4.97. The molecule has 0 aliphatic carbocycles. The van der Waals surface area contributed by atoms with Crippen molar-refractivity contribution < 1.29 is 13.6 Å². The van der Waals surface area contributed by atoms with Gasteiger partial charge in [-0.05, 0) is 32.6 Å². The van der Waals surface area contributed by atoms with Crippen molar-refractivity contribution in [3.05, 3.63) is 23.5 Å². The van der Waals surface area contributed by atoms with Crippen molar-refractivity contribution in [1.29, 1.82) is 0 Å². The second-order valence-corrected chi connectivity index (χ2v) is 8.18. The Labute approximate surface area is 163 Å². The average molecular weight is 391 g/mol. The highest BCUT2D eigenvalue weighted by Crippen LogP contribution is 2.30. The lowest BCUT2D eigenvalue weighted by Gasteiger charge is -2.36. The predicted octanol–water partition coefficient (Wildman–Crippen LogP) is 3.21. The first kappa shape index (κ1) is 19.1. The molecule has 28 heavy (non-hydrogen) atoms. The number of likely N-dealkylation sites (tertiary alicyclic amines) is 1. The zero-order valence-electron chi connectivity index (χ0n) is 16.5. The molecule has 6 nitrogen and oxygen atoms in total. The number of hydrogen-bond acceptors (Lipinski definition) is 4. The molecule has 2 saturated heterocycles. The van der Waals surface area contributed by atoms with E-state index in [1.807, 2.05) is 24.4 Å². The highest BCUT2D eigenvalue weighted by atomic mass is 19.3. The molecule has 152 valence electrons. The van der Waals surface area contributed by atoms with Gasteiger partial charge < -0.3 is 9.80 Å². The zero-order valence-corrected chi connectivity index (χ0v) is 16.5. The summed E-state index contributed by atoms with van der Waals surface area (Å²) in [6, 6.07) is 4.03. The van der Waals surface area contributed by atoms with Crippen molar-refractivity contribution in [3.8, 4) is 0 Å². The summed E-state index contributed by atoms with van der Waals surface area (Å²) >= 11 is 0. The number of fused-ring (bicyclic) bond motifs is 1. The van der Waals surface area contributed by atoms with Crippen LogP contribution in [0.25, 0.3) is 5.65 Å². The van der Waals surface area contributed by atoms with Crippen LogP contribution in [0.15, 0.2) is 12.1 Å². The van der Waals surface area contributed by atoms with E-state index in [1.54, 1.807) is 4.90 Å². The van der Waals surface area contributed by atoms with Crippen molar-refractivity contribution in [2.75, 3.05) is 31.1 Å². The summed E-state index contributed by atoms with van der Waals surface area (Å²) in [5, 5.41) is 4.56. The summed E-state index contributed by atoms with van der Waals surface area (Å²) in [4.78, 5) is 21.0. The third kappa shape index (κ3) is 3.95. The SMILES string of the molecule is Cc1cc(N2CCC(CC(=O)N3CCC(F)(F)CC3)CC2)n2nc(C)cc2n1. The maximum absolute atomic E-state index is 13.3. The molecule has 0 aromatic carbocycles. The standard InChI is InChI=1S/C20H27F2N5O/c1-14-12-18(27-17(23-14)11-15(2)24-27)25-7-3-16(4-8-25)13-19(28)26-9-5-20(21,22)6-10-26/h11-12,16H,3-10,13H2,1-2H3. The predicted molar refractivity (Wildman–Crippen MR) is 103 cm³/mol. The minimum absolute atomic E-state index is 0.0267. The van der Waals surface area contributed by atoms with E-state index in [9.17, 15) is 13.6 Å². The summed E-state index contributed by atoms with van der Waals surface area (Å²) in [6.45, 7) is 6.01. The number of rotatable bonds is 3. The lowest BCUT2D eigenvalue weighted by molar-refractivity contribution is -0.138. The molecule has 4 heterocycles. The molecule has 2 aromatic rings. The van der Waals surface area contributed by atoms with Crippen molar-refractivity contribution in [2.24, 2.45) is 5.92 Å². The molecule has 0 radical (unpaired) electrons. The molecule has 0 N–H and O–H groups in total. The molecule has 2 aliphatic heterocycles. The number of anilines is 1. The molecule has 0 spiro atoms. The van der Waals surface area contributed by atoms with Gasteiger partial charge in [-0.2, -0.15) is 9.61 Å². The normalized spacial score (nSPS) is 20.7. The zero-order chi connectivity index (χ0) is 19.9. The molecular formula is C20H27F2N5O. The van der Waals surface area contributed by atoms with Crippen molar-refractivity contribution in [1.82, 2.24) is 19.5 Å². The number of alkyl halides is 2. The van der Waals surface area contributed by atoms with E-state index in [1.165, 1.54) is 0 Å². The summed E-state index contributed by atoms with van der Waals surface area (Å²) in [7, 11) is 0. The van der Waals surface area contributed by atoms with E-state index < -0.39 is 5.92 Å². The first-order valence-electron chi connectivity index (χ1n) is 10.1. The van der Waals surface area contributed by atoms with Crippen LogP contribution in [0.2, 0.25) is 0 Å². The van der Waals surface area contributed by atoms with Crippen LogP contribution < -0.4 is 4.90 Å². The number of aromatic nitrogens is 3. The van der Waals surface area contributed by atoms with Crippen LogP contribution in [0.3, 0.4) is 0 Å². The van der Waals surface area contributed by atoms with Gasteiger partial charge in [0.2, 0.25) is 5.91 Å². The lowest BCUT2D eigenvalue weighted by Crippen LogP contribution is -2.44. The van der Waals surface area contributed by atoms with Crippen LogP contribution in [0.4, 0.5) is 14.6 Å². The Hall–Kier alpha value is -2.25. The van der Waals surface area contributed by atoms with Gasteiger partial charge in [-0.25, -0.2) is 13.8 Å². The number of halogens is 2. The molecule has 0 unspecified atom stereocenters. The third-order valence-electron chi connectivity index (χ3n) is 5.91. The first-order valence-corrected chi connectivity index (χ1v) is 10.1. The number of amides is 1. The second-order valence-electron chi connectivity index (χ2n) is 8.18. The quantitative estimate of drug-likeness (QED) is 0.806. The van der Waals surface area contributed by atoms with Crippen LogP contribution in [0.5, 0.6) is 0 Å². The monoisotopic (exact) mass is 391 g/mol. The van der Waals surface area contributed by atoms with Crippen LogP contribution >= 0.6 is 0 Å². The lowest BCUT2D eigenvalue weighted by atomic mass is 9.92. The third-order valence-corrected chi connectivity index (χ3v) is 5.91. The van der Waals surface area contributed by atoms with E-state index in [-0.39, 0.29) is 31.8 Å². The van der Waals surface area contributed by atoms with Gasteiger partial charge in [0, 0.05) is 63.3 Å². The van der Waals surface area contributed by atoms with Gasteiger partial charge in [-0.3, -0.25) is 4.79 Å². The van der Waals surface area contributed by atoms with E-state index in [4.69, 9.17) is 0 Å². The molecular weight excluding hydrogens is 364 g/mol. The Morgan fingerprint density at radius 3 is 2.46 bits per heavy atom. The Bertz CT molecular complexity index is 863. The summed E-state index contributed by atoms with van der Waals surface area (Å²) in [6.07, 6.45) is 1.87. The van der Waals surface area contributed by atoms with Gasteiger partial charge >= 0.3 is 0 Å². The van der Waals surface area contributed by atoms with Crippen LogP contribution in [-0.2, 0) is 4.79 Å². The van der Waals surface area contributed by atoms with Gasteiger partial charge in [0.05, 0.1) is 5.69 Å². The molecule has 0 bridgehead atoms. The fourth-order valence-corrected chi connectivity index (χ4v) is 4.25. The van der Waals surface area contributed by atoms with Crippen molar-refractivity contribution in [3.63, 3.8) is 0 Å². The van der Waals surface area contributed by atoms with E-state index >= 15 is 0 Å². The maximum atomic E-state index is 13.3. The van der Waals surface area contributed by atoms with Gasteiger partial charge in [0.15, 0.2) is 5.65 Å². The van der Waals surface area contributed by atoms with Crippen molar-refractivity contribution >= 4 is 17.4 Å². The minimum atomic E-state index is -2.61. The fourth-order valence-electron chi connectivity index (χ4n) is 4.25. The maximum Gasteiger partial charge on any atom is 0.251 e. The molecule has 2 aromatic heterocycles. The van der Waals surface area contributed by atoms with Gasteiger partial charge in [-0.15, -0.1) is 0 Å². The van der Waals surface area contributed by atoms with E-state index in [0.717, 1.165) is 48.8 Å². The van der Waals surface area contributed by atoms with Crippen LogP contribution in [-0.4, -0.2) is 57.5 Å². The van der Waals surface area contributed by atoms with Gasteiger partial charge in [-0.1, -0.05) is 0 Å². The molecule has 2 aliphatic rings. The number of hydrogen-bond donors (Lipinski definition) is 0. The minimum Gasteiger partial charge on any atom is -0.356 e. The molecule has 0 saturated carbocycles. The highest BCUT2D eigenvalue weighted by Gasteiger charge is 2.36. The number of aryl methyl sites for hydroxylation is 2. The highest BCUT2D eigenvalue weighted by molar-refractivity contribution is 5.76. The molecule has 1 amide bonds. The molecule has 2 fully saturated rings. The van der Waals surface area contributed by atoms with Crippen LogP contribution in [0.1, 0.15) is 43.5 Å². The molecule has 0 atom stereocenters. The fraction of sp³-hybridized carbons (Fsp3) is 0.650. The topological polar surface area (TPSA) is 53.7 Å². The average Bonchev–Trinajstić information content (AvgIpc) is 3.01. The van der Waals surface area contributed by atoms with Crippen LogP contribution in [0, 0.1) is 19.8 Å². The first-order chi connectivity index (χ1) is 13.3. The number of carbonyl (C=O) groups is 1. The number of piperidine rings is 2. The Balaban J connectivity index is 1.36. The van der Waals surface area contributed by atoms with Gasteiger partial charge in [0.1, 0.15) is 5.82 Å². The Morgan fingerprint density at radius 1 is 1.11 bits per heavy atom. The summed E-state index contributed by atoms with van der Waals surface area (Å²) in [5.41, 5.74) is 2.75. The molecule has 4 rings (SSSR count). The van der Waals surface area contributed by atoms with Crippen molar-refractivity contribution in [2.45, 2.75) is 51.9 Å². The Morgan fingerprint density at radius 2 is 1.79 bits per heavy atom. The largest absolute Gasteiger partial charge is 0.356 e. The number of carbonyl (C=O) groups excluding carboxylic acids is 1. The van der Waals surface area contributed by atoms with E-state index in [2.05, 4.69) is 21.0 Å². The summed E-state index contributed by atoms with van der Waals surface area (Å²) in [5.74, 6) is -1.23. The van der Waals surface area contributed by atoms with Gasteiger partial charge in [0.25, 0.3) is 5.92 Å². The summed E-state index contributed by atoms with van der Waals surface area (Å²) < 4.78 is 28.5.